The molecule has 1 amide bonds. The van der Waals surface area contributed by atoms with Gasteiger partial charge in [-0.25, -0.2) is 4.98 Å². The Morgan fingerprint density at radius 2 is 2.17 bits per heavy atom. The predicted octanol–water partition coefficient (Wildman–Crippen LogP) is 5.27. The van der Waals surface area contributed by atoms with Gasteiger partial charge in [-0.1, -0.05) is 18.1 Å². The Labute approximate surface area is 177 Å². The zero-order chi connectivity index (χ0) is 20.2. The monoisotopic (exact) mass is 407 g/mol. The molecule has 29 heavy (non-hydrogen) atoms. The van der Waals surface area contributed by atoms with E-state index in [2.05, 4.69) is 34.7 Å². The lowest BCUT2D eigenvalue weighted by Crippen LogP contribution is -2.39. The minimum atomic E-state index is -0.00817. The lowest BCUT2D eigenvalue weighted by Gasteiger charge is -2.33. The Bertz CT molecular complexity index is 983. The van der Waals surface area contributed by atoms with Gasteiger partial charge >= 0.3 is 0 Å². The van der Waals surface area contributed by atoms with Crippen molar-refractivity contribution in [1.82, 2.24) is 15.2 Å². The summed E-state index contributed by atoms with van der Waals surface area (Å²) >= 11 is 1.64. The molecule has 152 valence electrons. The summed E-state index contributed by atoms with van der Waals surface area (Å²) in [6.07, 6.45) is 4.91. The molecular weight excluding hydrogens is 378 g/mol. The molecule has 4 nitrogen and oxygen atoms in total. The van der Waals surface area contributed by atoms with Gasteiger partial charge < -0.3 is 10.2 Å². The van der Waals surface area contributed by atoms with Gasteiger partial charge in [0.15, 0.2) is 0 Å². The summed E-state index contributed by atoms with van der Waals surface area (Å²) < 4.78 is 0. The standard InChI is InChI=1S/C24H29N3OS/c1-17-7-8-22-20(14-17)21(15-23(26-22)19-9-13-29-16-19)24(28)25-10-5-12-27-11-4-3-6-18(27)2/h7-9,13-16,18H,3-6,10-12H2,1-2H3,(H,25,28)/t18-/m1/s1. The number of carbonyl (C=O) groups is 1. The second kappa shape index (κ2) is 9.06. The highest BCUT2D eigenvalue weighted by Crippen LogP contribution is 2.27. The summed E-state index contributed by atoms with van der Waals surface area (Å²) in [5.74, 6) is -0.00817. The van der Waals surface area contributed by atoms with Crippen LogP contribution in [0, 0.1) is 6.92 Å². The van der Waals surface area contributed by atoms with Gasteiger partial charge in [-0.05, 0) is 69.3 Å². The van der Waals surface area contributed by atoms with Crippen LogP contribution >= 0.6 is 11.3 Å². The summed E-state index contributed by atoms with van der Waals surface area (Å²) in [6.45, 7) is 7.31. The number of thiophene rings is 1. The number of piperidine rings is 1. The number of hydrogen-bond donors (Lipinski definition) is 1. The number of hydrogen-bond acceptors (Lipinski definition) is 4. The van der Waals surface area contributed by atoms with Crippen LogP contribution in [0.4, 0.5) is 0 Å². The van der Waals surface area contributed by atoms with Crippen LogP contribution in [0.25, 0.3) is 22.2 Å². The highest BCUT2D eigenvalue weighted by molar-refractivity contribution is 7.08. The summed E-state index contributed by atoms with van der Waals surface area (Å²) in [6, 6.07) is 10.8. The van der Waals surface area contributed by atoms with E-state index in [1.165, 1.54) is 25.8 Å². The first-order valence-electron chi connectivity index (χ1n) is 10.6. The third-order valence-corrected chi connectivity index (χ3v) is 6.56. The van der Waals surface area contributed by atoms with Crippen molar-refractivity contribution in [2.75, 3.05) is 19.6 Å². The maximum Gasteiger partial charge on any atom is 0.252 e. The molecule has 3 aromatic rings. The molecule has 2 aromatic heterocycles. The van der Waals surface area contributed by atoms with Crippen LogP contribution in [0.3, 0.4) is 0 Å². The molecule has 1 saturated heterocycles. The SMILES string of the molecule is Cc1ccc2nc(-c3ccsc3)cc(C(=O)NCCCN3CCCC[C@H]3C)c2c1. The van der Waals surface area contributed by atoms with Gasteiger partial charge in [-0.2, -0.15) is 11.3 Å². The van der Waals surface area contributed by atoms with E-state index in [1.54, 1.807) is 11.3 Å². The molecule has 1 atom stereocenters. The molecule has 0 bridgehead atoms. The lowest BCUT2D eigenvalue weighted by atomic mass is 10.0. The van der Waals surface area contributed by atoms with Gasteiger partial charge in [-0.15, -0.1) is 0 Å². The molecule has 1 N–H and O–H groups in total. The van der Waals surface area contributed by atoms with E-state index < -0.39 is 0 Å². The van der Waals surface area contributed by atoms with Crippen molar-refractivity contribution >= 4 is 28.1 Å². The second-order valence-electron chi connectivity index (χ2n) is 8.08. The maximum atomic E-state index is 13.1. The molecule has 1 aliphatic rings. The number of rotatable bonds is 6. The molecule has 3 heterocycles. The van der Waals surface area contributed by atoms with Crippen molar-refractivity contribution in [1.29, 1.82) is 0 Å². The molecule has 1 fully saturated rings. The molecular formula is C24H29N3OS. The van der Waals surface area contributed by atoms with Crippen molar-refractivity contribution < 1.29 is 4.79 Å². The molecule has 1 aromatic carbocycles. The quantitative estimate of drug-likeness (QED) is 0.567. The molecule has 0 radical (unpaired) electrons. The van der Waals surface area contributed by atoms with E-state index in [-0.39, 0.29) is 5.91 Å². The Kier molecular flexibility index (Phi) is 6.26. The number of amides is 1. The summed E-state index contributed by atoms with van der Waals surface area (Å²) in [4.78, 5) is 20.4. The number of benzene rings is 1. The highest BCUT2D eigenvalue weighted by atomic mass is 32.1. The van der Waals surface area contributed by atoms with Gasteiger partial charge in [0.2, 0.25) is 0 Å². The largest absolute Gasteiger partial charge is 0.352 e. The van der Waals surface area contributed by atoms with Crippen LogP contribution < -0.4 is 5.32 Å². The van der Waals surface area contributed by atoms with Crippen molar-refractivity contribution in [3.05, 3.63) is 52.2 Å². The fourth-order valence-corrected chi connectivity index (χ4v) is 4.80. The number of likely N-dealkylation sites (tertiary alicyclic amines) is 1. The topological polar surface area (TPSA) is 45.2 Å². The van der Waals surface area contributed by atoms with Crippen molar-refractivity contribution in [3.8, 4) is 11.3 Å². The summed E-state index contributed by atoms with van der Waals surface area (Å²) in [5.41, 5.74) is 4.63. The van der Waals surface area contributed by atoms with E-state index in [4.69, 9.17) is 4.98 Å². The molecule has 4 rings (SSSR count). The van der Waals surface area contributed by atoms with E-state index in [1.807, 2.05) is 30.5 Å². The Morgan fingerprint density at radius 3 is 2.97 bits per heavy atom. The Morgan fingerprint density at radius 1 is 1.28 bits per heavy atom. The molecule has 0 saturated carbocycles. The average molecular weight is 408 g/mol. The maximum absolute atomic E-state index is 13.1. The summed E-state index contributed by atoms with van der Waals surface area (Å²) in [7, 11) is 0. The number of aryl methyl sites for hydroxylation is 1. The third-order valence-electron chi connectivity index (χ3n) is 5.87. The zero-order valence-electron chi connectivity index (χ0n) is 17.3. The van der Waals surface area contributed by atoms with Crippen LogP contribution in [0.1, 0.15) is 48.5 Å². The molecule has 5 heteroatoms. The van der Waals surface area contributed by atoms with Crippen LogP contribution in [0.15, 0.2) is 41.1 Å². The van der Waals surface area contributed by atoms with E-state index in [0.29, 0.717) is 18.2 Å². The van der Waals surface area contributed by atoms with Crippen LogP contribution in [0.2, 0.25) is 0 Å². The van der Waals surface area contributed by atoms with Crippen molar-refractivity contribution in [3.63, 3.8) is 0 Å². The zero-order valence-corrected chi connectivity index (χ0v) is 18.1. The number of aromatic nitrogens is 1. The first-order chi connectivity index (χ1) is 14.1. The van der Waals surface area contributed by atoms with Gasteiger partial charge in [0.25, 0.3) is 5.91 Å². The Balaban J connectivity index is 1.49. The van der Waals surface area contributed by atoms with E-state index in [9.17, 15) is 4.79 Å². The van der Waals surface area contributed by atoms with E-state index >= 15 is 0 Å². The van der Waals surface area contributed by atoms with Crippen molar-refractivity contribution in [2.45, 2.75) is 45.6 Å². The number of fused-ring (bicyclic) bond motifs is 1. The van der Waals surface area contributed by atoms with Gasteiger partial charge in [0, 0.05) is 35.5 Å². The van der Waals surface area contributed by atoms with Crippen LogP contribution in [-0.4, -0.2) is 41.5 Å². The number of nitrogens with zero attached hydrogens (tertiary/aromatic N) is 2. The molecule has 0 spiro atoms. The molecule has 0 unspecified atom stereocenters. The third kappa shape index (κ3) is 4.68. The van der Waals surface area contributed by atoms with Crippen molar-refractivity contribution in [2.24, 2.45) is 0 Å². The number of carbonyl (C=O) groups excluding carboxylic acids is 1. The summed E-state index contributed by atoms with van der Waals surface area (Å²) in [5, 5.41) is 8.18. The van der Waals surface area contributed by atoms with Crippen LogP contribution in [-0.2, 0) is 0 Å². The van der Waals surface area contributed by atoms with E-state index in [0.717, 1.165) is 40.7 Å². The first-order valence-corrected chi connectivity index (χ1v) is 11.5. The molecule has 0 aliphatic carbocycles. The minimum absolute atomic E-state index is 0.00817. The highest BCUT2D eigenvalue weighted by Gasteiger charge is 2.18. The fourth-order valence-electron chi connectivity index (χ4n) is 4.15. The average Bonchev–Trinajstić information content (AvgIpc) is 3.26. The smallest absolute Gasteiger partial charge is 0.252 e. The normalized spacial score (nSPS) is 17.5. The Hall–Kier alpha value is -2.24. The minimum Gasteiger partial charge on any atom is -0.352 e. The number of pyridine rings is 1. The van der Waals surface area contributed by atoms with Gasteiger partial charge in [0.1, 0.15) is 0 Å². The van der Waals surface area contributed by atoms with Crippen LogP contribution in [0.5, 0.6) is 0 Å². The van der Waals surface area contributed by atoms with Gasteiger partial charge in [0.05, 0.1) is 16.8 Å². The fraction of sp³-hybridized carbons (Fsp3) is 0.417. The number of nitrogens with one attached hydrogen (secondary N) is 1. The predicted molar refractivity (Wildman–Crippen MR) is 122 cm³/mol. The second-order valence-corrected chi connectivity index (χ2v) is 8.86. The molecule has 1 aliphatic heterocycles. The lowest BCUT2D eigenvalue weighted by molar-refractivity contribution is 0.0950. The first kappa shape index (κ1) is 20.0. The van der Waals surface area contributed by atoms with Gasteiger partial charge in [-0.3, -0.25) is 4.79 Å².